The van der Waals surface area contributed by atoms with Crippen LogP contribution in [-0.2, 0) is 9.09 Å². The zero-order valence-corrected chi connectivity index (χ0v) is 8.06. The highest BCUT2D eigenvalue weighted by Crippen LogP contribution is 2.35. The van der Waals surface area contributed by atoms with Crippen LogP contribution in [0, 0.1) is 5.92 Å². The van der Waals surface area contributed by atoms with E-state index >= 15 is 0 Å². The molecular weight excluding hydrogens is 199 g/mol. The van der Waals surface area contributed by atoms with Crippen LogP contribution in [0.4, 0.5) is 0 Å². The molecule has 0 aromatic carbocycles. The summed E-state index contributed by atoms with van der Waals surface area (Å²) in [6.07, 6.45) is 0.879. The molecule has 0 spiro atoms. The molecule has 0 heterocycles. The molecule has 0 aliphatic rings. The first-order chi connectivity index (χ1) is 5.99. The van der Waals surface area contributed by atoms with Crippen molar-refractivity contribution in [1.29, 1.82) is 0 Å². The van der Waals surface area contributed by atoms with Gasteiger partial charge in [0.05, 0.1) is 6.61 Å². The summed E-state index contributed by atoms with van der Waals surface area (Å²) >= 11 is 0. The molecule has 0 amide bonds. The van der Waals surface area contributed by atoms with Gasteiger partial charge in [0.25, 0.3) is 0 Å². The molecule has 0 radical (unpaired) electrons. The summed E-state index contributed by atoms with van der Waals surface area (Å²) in [6, 6.07) is 0. The maximum Gasteiger partial charge on any atom is 0.469 e. The molecule has 13 heavy (non-hydrogen) atoms. The van der Waals surface area contributed by atoms with E-state index in [0.29, 0.717) is 12.8 Å². The topological polar surface area (TPSA) is 107 Å². The number of aliphatic hydroxyl groups is 2. The molecule has 0 bridgehead atoms. The molecule has 0 aliphatic heterocycles. The van der Waals surface area contributed by atoms with Gasteiger partial charge in [0, 0.05) is 19.1 Å². The van der Waals surface area contributed by atoms with Gasteiger partial charge < -0.3 is 20.0 Å². The predicted octanol–water partition coefficient (Wildman–Crippen LogP) is -0.523. The number of phosphoric acid groups is 1. The van der Waals surface area contributed by atoms with Gasteiger partial charge in [-0.1, -0.05) is 0 Å². The Bertz CT molecular complexity index is 163. The van der Waals surface area contributed by atoms with Gasteiger partial charge in [-0.15, -0.1) is 0 Å². The van der Waals surface area contributed by atoms with Crippen LogP contribution < -0.4 is 0 Å². The fourth-order valence-corrected chi connectivity index (χ4v) is 1.16. The highest BCUT2D eigenvalue weighted by molar-refractivity contribution is 7.46. The fraction of sp³-hybridized carbons (Fsp3) is 1.00. The molecule has 0 saturated heterocycles. The van der Waals surface area contributed by atoms with Crippen molar-refractivity contribution in [3.63, 3.8) is 0 Å². The summed E-state index contributed by atoms with van der Waals surface area (Å²) in [5.74, 6) is -0.236. The van der Waals surface area contributed by atoms with Gasteiger partial charge in [-0.2, -0.15) is 0 Å². The van der Waals surface area contributed by atoms with Crippen molar-refractivity contribution in [1.82, 2.24) is 0 Å². The first-order valence-electron chi connectivity index (χ1n) is 3.91. The molecule has 0 aliphatic carbocycles. The van der Waals surface area contributed by atoms with Crippen molar-refractivity contribution >= 4 is 7.82 Å². The quantitative estimate of drug-likeness (QED) is 0.335. The van der Waals surface area contributed by atoms with Crippen molar-refractivity contribution in [2.75, 3.05) is 19.8 Å². The first-order valence-corrected chi connectivity index (χ1v) is 5.44. The van der Waals surface area contributed by atoms with Crippen LogP contribution in [-0.4, -0.2) is 39.8 Å². The molecule has 0 unspecified atom stereocenters. The van der Waals surface area contributed by atoms with Crippen LogP contribution in [0.5, 0.6) is 0 Å². The minimum atomic E-state index is -4.37. The maximum absolute atomic E-state index is 10.2. The van der Waals surface area contributed by atoms with E-state index in [2.05, 4.69) is 4.52 Å². The smallest absolute Gasteiger partial charge is 0.396 e. The van der Waals surface area contributed by atoms with Gasteiger partial charge >= 0.3 is 7.82 Å². The fourth-order valence-electron chi connectivity index (χ4n) is 0.796. The zero-order valence-electron chi connectivity index (χ0n) is 7.17. The lowest BCUT2D eigenvalue weighted by atomic mass is 10.1. The second kappa shape index (κ2) is 6.48. The third-order valence-electron chi connectivity index (χ3n) is 1.53. The molecule has 0 rings (SSSR count). The van der Waals surface area contributed by atoms with Crippen LogP contribution in [0.15, 0.2) is 0 Å². The lowest BCUT2D eigenvalue weighted by molar-refractivity contribution is 0.132. The summed E-state index contributed by atoms with van der Waals surface area (Å²) < 4.78 is 14.4. The van der Waals surface area contributed by atoms with E-state index in [1.54, 1.807) is 0 Å². The van der Waals surface area contributed by atoms with Crippen LogP contribution in [0.3, 0.4) is 0 Å². The van der Waals surface area contributed by atoms with E-state index < -0.39 is 7.82 Å². The number of phosphoric ester groups is 1. The van der Waals surface area contributed by atoms with Gasteiger partial charge in [-0.25, -0.2) is 4.57 Å². The Kier molecular flexibility index (Phi) is 6.49. The summed E-state index contributed by atoms with van der Waals surface area (Å²) in [5, 5.41) is 17.3. The number of hydrogen-bond donors (Lipinski definition) is 4. The first kappa shape index (κ1) is 13.0. The van der Waals surface area contributed by atoms with Crippen molar-refractivity contribution in [3.05, 3.63) is 0 Å². The second-order valence-electron chi connectivity index (χ2n) is 2.70. The summed E-state index contributed by atoms with van der Waals surface area (Å²) in [5.41, 5.74) is 0. The molecule has 80 valence electrons. The number of hydrogen-bond acceptors (Lipinski definition) is 4. The van der Waals surface area contributed by atoms with Crippen molar-refractivity contribution < 1.29 is 29.1 Å². The average molecular weight is 214 g/mol. The molecule has 0 atom stereocenters. The van der Waals surface area contributed by atoms with Crippen molar-refractivity contribution in [2.24, 2.45) is 5.92 Å². The molecule has 0 saturated carbocycles. The van der Waals surface area contributed by atoms with Crippen molar-refractivity contribution in [3.8, 4) is 0 Å². The Morgan fingerprint density at radius 3 is 2.15 bits per heavy atom. The van der Waals surface area contributed by atoms with Gasteiger partial charge in [0.2, 0.25) is 0 Å². The summed E-state index contributed by atoms with van der Waals surface area (Å²) in [4.78, 5) is 16.6. The van der Waals surface area contributed by atoms with Crippen molar-refractivity contribution in [2.45, 2.75) is 12.8 Å². The van der Waals surface area contributed by atoms with E-state index in [1.807, 2.05) is 0 Å². The van der Waals surface area contributed by atoms with E-state index in [4.69, 9.17) is 20.0 Å². The Labute approximate surface area is 76.4 Å². The van der Waals surface area contributed by atoms with Gasteiger partial charge in [0.1, 0.15) is 0 Å². The van der Waals surface area contributed by atoms with Crippen LogP contribution in [0.2, 0.25) is 0 Å². The second-order valence-corrected chi connectivity index (χ2v) is 3.94. The van der Waals surface area contributed by atoms with E-state index in [-0.39, 0.29) is 25.7 Å². The monoisotopic (exact) mass is 214 g/mol. The molecule has 4 N–H and O–H groups in total. The average Bonchev–Trinajstić information content (AvgIpc) is 2.03. The SMILES string of the molecule is O=P(O)(O)OCCCC(CO)CO. The minimum Gasteiger partial charge on any atom is -0.396 e. The Balaban J connectivity index is 3.40. The third-order valence-corrected chi connectivity index (χ3v) is 2.05. The normalized spacial score (nSPS) is 12.4. The number of rotatable bonds is 7. The Morgan fingerprint density at radius 1 is 1.23 bits per heavy atom. The van der Waals surface area contributed by atoms with E-state index in [1.165, 1.54) is 0 Å². The molecule has 7 heteroatoms. The van der Waals surface area contributed by atoms with E-state index in [9.17, 15) is 4.57 Å². The zero-order chi connectivity index (χ0) is 10.3. The van der Waals surface area contributed by atoms with Gasteiger partial charge in [-0.3, -0.25) is 4.52 Å². The highest BCUT2D eigenvalue weighted by Gasteiger charge is 2.13. The van der Waals surface area contributed by atoms with E-state index in [0.717, 1.165) is 0 Å². The predicted molar refractivity (Wildman–Crippen MR) is 44.9 cm³/mol. The molecule has 0 fully saturated rings. The van der Waals surface area contributed by atoms with Gasteiger partial charge in [0.15, 0.2) is 0 Å². The molecule has 0 aromatic rings. The lowest BCUT2D eigenvalue weighted by Gasteiger charge is -2.10. The highest BCUT2D eigenvalue weighted by atomic mass is 31.2. The lowest BCUT2D eigenvalue weighted by Crippen LogP contribution is -2.11. The van der Waals surface area contributed by atoms with Crippen LogP contribution in [0.25, 0.3) is 0 Å². The number of aliphatic hydroxyl groups excluding tert-OH is 2. The van der Waals surface area contributed by atoms with Crippen LogP contribution >= 0.6 is 7.82 Å². The largest absolute Gasteiger partial charge is 0.469 e. The summed E-state index contributed by atoms with van der Waals surface area (Å²) in [6.45, 7) is -0.334. The van der Waals surface area contributed by atoms with Crippen LogP contribution in [0.1, 0.15) is 12.8 Å². The Morgan fingerprint density at radius 2 is 1.77 bits per heavy atom. The van der Waals surface area contributed by atoms with Gasteiger partial charge in [-0.05, 0) is 12.8 Å². The third kappa shape index (κ3) is 8.36. The molecule has 0 aromatic heterocycles. The molecule has 6 nitrogen and oxygen atoms in total. The molecular formula is C6H15O6P. The maximum atomic E-state index is 10.2. The standard InChI is InChI=1S/C6H15O6P/c7-4-6(5-8)2-1-3-12-13(9,10)11/h6-8H,1-5H2,(H2,9,10,11). The Hall–Kier alpha value is 0.0300. The summed E-state index contributed by atoms with van der Waals surface area (Å²) in [7, 11) is -4.37. The minimum absolute atomic E-state index is 0.0687.